The predicted octanol–water partition coefficient (Wildman–Crippen LogP) is 3.17. The first-order chi connectivity index (χ1) is 6.60. The second kappa shape index (κ2) is 5.14. The fourth-order valence-electron chi connectivity index (χ4n) is 0.992. The molecule has 0 aliphatic heterocycles. The molecule has 0 spiro atoms. The lowest BCUT2D eigenvalue weighted by Gasteiger charge is -2.09. The summed E-state index contributed by atoms with van der Waals surface area (Å²) in [5.74, 6) is 0. The minimum absolute atomic E-state index is 0.144. The summed E-state index contributed by atoms with van der Waals surface area (Å²) in [5, 5.41) is 9.12. The summed E-state index contributed by atoms with van der Waals surface area (Å²) in [4.78, 5) is 3.91. The van der Waals surface area contributed by atoms with Gasteiger partial charge in [-0.05, 0) is 22.0 Å². The fourth-order valence-corrected chi connectivity index (χ4v) is 1.90. The molecule has 0 aliphatic rings. The Kier molecular flexibility index (Phi) is 4.40. The molecular weight excluding hydrogens is 324 g/mol. The van der Waals surface area contributed by atoms with Crippen molar-refractivity contribution in [2.24, 2.45) is 0 Å². The molecule has 0 atom stereocenters. The first-order valence-electron chi connectivity index (χ1n) is 3.73. The monoisotopic (exact) mass is 329 g/mol. The normalized spacial score (nSPS) is 11.0. The third-order valence-electron chi connectivity index (χ3n) is 1.69. The van der Waals surface area contributed by atoms with Gasteiger partial charge >= 0.3 is 0 Å². The maximum absolute atomic E-state index is 12.5. The Hall–Kier alpha value is -0.0700. The first kappa shape index (κ1) is 12.0. The number of rotatable bonds is 3. The molecule has 14 heavy (non-hydrogen) atoms. The van der Waals surface area contributed by atoms with E-state index in [-0.39, 0.29) is 23.2 Å². The van der Waals surface area contributed by atoms with Crippen molar-refractivity contribution in [1.29, 1.82) is 0 Å². The van der Waals surface area contributed by atoms with Gasteiger partial charge in [0.25, 0.3) is 6.43 Å². The van der Waals surface area contributed by atoms with Crippen LogP contribution in [0.5, 0.6) is 0 Å². The standard InChI is InChI=1S/C8H7Br2F2NO/c9-2-6-5(8(11)12)1-4(3-14)7(10)13-6/h1,8,14H,2-3H2. The molecule has 1 N–H and O–H groups in total. The largest absolute Gasteiger partial charge is 0.392 e. The number of hydrogen-bond donors (Lipinski definition) is 1. The summed E-state index contributed by atoms with van der Waals surface area (Å²) in [6.07, 6.45) is -2.58. The zero-order chi connectivity index (χ0) is 10.7. The van der Waals surface area contributed by atoms with Crippen LogP contribution in [0.4, 0.5) is 8.78 Å². The Morgan fingerprint density at radius 3 is 2.57 bits per heavy atom. The molecule has 0 radical (unpaired) electrons. The van der Waals surface area contributed by atoms with Crippen molar-refractivity contribution < 1.29 is 13.9 Å². The van der Waals surface area contributed by atoms with Crippen LogP contribution >= 0.6 is 31.9 Å². The number of alkyl halides is 3. The number of aromatic nitrogens is 1. The predicted molar refractivity (Wildman–Crippen MR) is 55.4 cm³/mol. The van der Waals surface area contributed by atoms with E-state index in [1.165, 1.54) is 6.07 Å². The Balaban J connectivity index is 3.25. The number of aliphatic hydroxyl groups is 1. The Labute approximate surface area is 96.6 Å². The summed E-state index contributed by atoms with van der Waals surface area (Å²) in [6, 6.07) is 1.26. The highest BCUT2D eigenvalue weighted by atomic mass is 79.9. The van der Waals surface area contributed by atoms with Crippen LogP contribution in [-0.4, -0.2) is 10.1 Å². The van der Waals surface area contributed by atoms with Gasteiger partial charge in [-0.1, -0.05) is 15.9 Å². The van der Waals surface area contributed by atoms with Gasteiger partial charge in [-0.25, -0.2) is 13.8 Å². The molecule has 0 fully saturated rings. The van der Waals surface area contributed by atoms with E-state index < -0.39 is 6.43 Å². The average Bonchev–Trinajstić information content (AvgIpc) is 2.16. The lowest BCUT2D eigenvalue weighted by atomic mass is 10.1. The third kappa shape index (κ3) is 2.49. The van der Waals surface area contributed by atoms with E-state index in [2.05, 4.69) is 36.8 Å². The van der Waals surface area contributed by atoms with Gasteiger partial charge in [-0.15, -0.1) is 0 Å². The van der Waals surface area contributed by atoms with Crippen molar-refractivity contribution in [3.05, 3.63) is 27.5 Å². The van der Waals surface area contributed by atoms with Gasteiger partial charge < -0.3 is 5.11 Å². The molecule has 1 heterocycles. The van der Waals surface area contributed by atoms with Crippen LogP contribution in [0, 0.1) is 0 Å². The number of pyridine rings is 1. The van der Waals surface area contributed by atoms with Gasteiger partial charge in [0.15, 0.2) is 0 Å². The Bertz CT molecular complexity index is 333. The van der Waals surface area contributed by atoms with Crippen LogP contribution in [0.1, 0.15) is 23.2 Å². The summed E-state index contributed by atoms with van der Waals surface area (Å²) >= 11 is 6.17. The Morgan fingerprint density at radius 1 is 1.50 bits per heavy atom. The average molecular weight is 331 g/mol. The van der Waals surface area contributed by atoms with E-state index in [9.17, 15) is 8.78 Å². The maximum atomic E-state index is 12.5. The maximum Gasteiger partial charge on any atom is 0.265 e. The molecule has 1 rings (SSSR count). The molecular formula is C8H7Br2F2NO. The van der Waals surface area contributed by atoms with E-state index >= 15 is 0 Å². The molecule has 0 amide bonds. The van der Waals surface area contributed by atoms with Crippen LogP contribution in [0.2, 0.25) is 0 Å². The van der Waals surface area contributed by atoms with Crippen molar-refractivity contribution in [2.45, 2.75) is 18.4 Å². The van der Waals surface area contributed by atoms with E-state index in [1.54, 1.807) is 0 Å². The quantitative estimate of drug-likeness (QED) is 0.682. The zero-order valence-corrected chi connectivity index (χ0v) is 10.1. The second-order valence-corrected chi connectivity index (χ2v) is 3.88. The van der Waals surface area contributed by atoms with Crippen LogP contribution in [-0.2, 0) is 11.9 Å². The number of halogens is 4. The summed E-state index contributed by atoms with van der Waals surface area (Å²) in [7, 11) is 0. The van der Waals surface area contributed by atoms with Crippen molar-refractivity contribution >= 4 is 31.9 Å². The Morgan fingerprint density at radius 2 is 2.14 bits per heavy atom. The molecule has 78 valence electrons. The minimum Gasteiger partial charge on any atom is -0.392 e. The van der Waals surface area contributed by atoms with Crippen LogP contribution in [0.25, 0.3) is 0 Å². The molecule has 1 aromatic heterocycles. The van der Waals surface area contributed by atoms with E-state index in [0.717, 1.165) is 0 Å². The van der Waals surface area contributed by atoms with Gasteiger partial charge in [-0.3, -0.25) is 0 Å². The van der Waals surface area contributed by atoms with Crippen LogP contribution < -0.4 is 0 Å². The third-order valence-corrected chi connectivity index (χ3v) is 2.91. The summed E-state index contributed by atoms with van der Waals surface area (Å²) in [6.45, 7) is -0.310. The second-order valence-electron chi connectivity index (χ2n) is 2.57. The van der Waals surface area contributed by atoms with Gasteiger partial charge in [0.1, 0.15) is 4.60 Å². The van der Waals surface area contributed by atoms with Gasteiger partial charge in [0.05, 0.1) is 12.3 Å². The summed E-state index contributed by atoms with van der Waals surface area (Å²) in [5.41, 5.74) is 0.503. The highest BCUT2D eigenvalue weighted by Crippen LogP contribution is 2.27. The smallest absolute Gasteiger partial charge is 0.265 e. The first-order valence-corrected chi connectivity index (χ1v) is 5.64. The molecule has 0 unspecified atom stereocenters. The lowest BCUT2D eigenvalue weighted by molar-refractivity contribution is 0.149. The fraction of sp³-hybridized carbons (Fsp3) is 0.375. The van der Waals surface area contributed by atoms with Crippen LogP contribution in [0.15, 0.2) is 10.7 Å². The van der Waals surface area contributed by atoms with Crippen molar-refractivity contribution in [3.63, 3.8) is 0 Å². The SMILES string of the molecule is OCc1cc(C(F)F)c(CBr)nc1Br. The zero-order valence-electron chi connectivity index (χ0n) is 6.98. The van der Waals surface area contributed by atoms with Crippen molar-refractivity contribution in [2.75, 3.05) is 0 Å². The van der Waals surface area contributed by atoms with Crippen LogP contribution in [0.3, 0.4) is 0 Å². The highest BCUT2D eigenvalue weighted by Gasteiger charge is 2.16. The lowest BCUT2D eigenvalue weighted by Crippen LogP contribution is -2.00. The van der Waals surface area contributed by atoms with Crippen molar-refractivity contribution in [3.8, 4) is 0 Å². The molecule has 0 aliphatic carbocycles. The minimum atomic E-state index is -2.58. The van der Waals surface area contributed by atoms with Gasteiger partial charge in [0, 0.05) is 16.5 Å². The van der Waals surface area contributed by atoms with E-state index in [4.69, 9.17) is 5.11 Å². The van der Waals surface area contributed by atoms with Gasteiger partial charge in [0.2, 0.25) is 0 Å². The molecule has 2 nitrogen and oxygen atoms in total. The molecule has 0 aromatic carbocycles. The number of hydrogen-bond acceptors (Lipinski definition) is 2. The van der Waals surface area contributed by atoms with Gasteiger partial charge in [-0.2, -0.15) is 0 Å². The number of nitrogens with zero attached hydrogens (tertiary/aromatic N) is 1. The van der Waals surface area contributed by atoms with E-state index in [0.29, 0.717) is 10.2 Å². The molecule has 0 bridgehead atoms. The number of aliphatic hydroxyl groups excluding tert-OH is 1. The topological polar surface area (TPSA) is 33.1 Å². The van der Waals surface area contributed by atoms with E-state index in [1.807, 2.05) is 0 Å². The molecule has 6 heteroatoms. The molecule has 0 saturated carbocycles. The highest BCUT2D eigenvalue weighted by molar-refractivity contribution is 9.10. The van der Waals surface area contributed by atoms with Crippen molar-refractivity contribution in [1.82, 2.24) is 4.98 Å². The molecule has 0 saturated heterocycles. The molecule has 1 aromatic rings. The summed E-state index contributed by atoms with van der Waals surface area (Å²) < 4.78 is 25.4.